The minimum Gasteiger partial charge on any atom is -0.319 e. The van der Waals surface area contributed by atoms with Crippen LogP contribution in [-0.4, -0.2) is 10.5 Å². The lowest BCUT2D eigenvalue weighted by Gasteiger charge is -2.10. The molecule has 0 spiro atoms. The summed E-state index contributed by atoms with van der Waals surface area (Å²) in [5.41, 5.74) is 0.647. The Balaban J connectivity index is 1.83. The lowest BCUT2D eigenvalue weighted by molar-refractivity contribution is 0.102. The van der Waals surface area contributed by atoms with E-state index in [1.54, 1.807) is 18.2 Å². The van der Waals surface area contributed by atoms with E-state index in [0.717, 1.165) is 0 Å². The molecule has 0 aliphatic carbocycles. The number of hydrogen-bond donors (Lipinski definition) is 1. The topological polar surface area (TPSA) is 51.1 Å². The van der Waals surface area contributed by atoms with Crippen LogP contribution < -0.4 is 10.9 Å². The van der Waals surface area contributed by atoms with Crippen LogP contribution in [0.4, 0.5) is 14.5 Å². The van der Waals surface area contributed by atoms with Crippen molar-refractivity contribution in [1.29, 1.82) is 0 Å². The second-order valence-electron chi connectivity index (χ2n) is 5.59. The maximum absolute atomic E-state index is 13.9. The molecule has 26 heavy (non-hydrogen) atoms. The molecule has 1 amide bonds. The summed E-state index contributed by atoms with van der Waals surface area (Å²) in [5.74, 6) is -1.49. The maximum atomic E-state index is 13.9. The lowest BCUT2D eigenvalue weighted by atomic mass is 10.2. The average molecular weight is 419 g/mol. The third kappa shape index (κ3) is 4.23. The Bertz CT molecular complexity index is 1020. The number of nitrogens with zero attached hydrogens (tertiary/aromatic N) is 1. The predicted molar refractivity (Wildman–Crippen MR) is 98.3 cm³/mol. The van der Waals surface area contributed by atoms with E-state index >= 15 is 0 Å². The van der Waals surface area contributed by atoms with Gasteiger partial charge in [-0.1, -0.05) is 28.1 Å². The van der Waals surface area contributed by atoms with Crippen molar-refractivity contribution in [3.8, 4) is 0 Å². The molecule has 1 N–H and O–H groups in total. The molecule has 0 aliphatic heterocycles. The molecule has 132 valence electrons. The zero-order valence-corrected chi connectivity index (χ0v) is 15.0. The van der Waals surface area contributed by atoms with Gasteiger partial charge in [-0.3, -0.25) is 9.59 Å². The number of halogens is 3. The van der Waals surface area contributed by atoms with Crippen molar-refractivity contribution >= 4 is 27.5 Å². The summed E-state index contributed by atoms with van der Waals surface area (Å²) in [7, 11) is 0. The average Bonchev–Trinajstić information content (AvgIpc) is 2.61. The third-order valence-corrected chi connectivity index (χ3v) is 4.18. The van der Waals surface area contributed by atoms with Gasteiger partial charge >= 0.3 is 0 Å². The number of nitrogens with one attached hydrogen (secondary N) is 1. The van der Waals surface area contributed by atoms with E-state index in [1.165, 1.54) is 47.2 Å². The summed E-state index contributed by atoms with van der Waals surface area (Å²) in [5, 5.41) is 2.47. The number of carbonyl (C=O) groups excluding carboxylic acids is 1. The molecule has 0 atom stereocenters. The van der Waals surface area contributed by atoms with Gasteiger partial charge < -0.3 is 9.88 Å². The van der Waals surface area contributed by atoms with E-state index in [1.807, 2.05) is 0 Å². The third-order valence-electron chi connectivity index (χ3n) is 3.69. The maximum Gasteiger partial charge on any atom is 0.257 e. The molecule has 0 saturated carbocycles. The van der Waals surface area contributed by atoms with Crippen LogP contribution >= 0.6 is 15.9 Å². The Morgan fingerprint density at radius 1 is 1.04 bits per heavy atom. The fourth-order valence-electron chi connectivity index (χ4n) is 2.36. The van der Waals surface area contributed by atoms with Crippen molar-refractivity contribution in [1.82, 2.24) is 4.57 Å². The normalized spacial score (nSPS) is 10.6. The van der Waals surface area contributed by atoms with E-state index in [9.17, 15) is 18.4 Å². The first-order valence-electron chi connectivity index (χ1n) is 7.64. The summed E-state index contributed by atoms with van der Waals surface area (Å²) < 4.78 is 28.7. The van der Waals surface area contributed by atoms with Crippen molar-refractivity contribution in [2.45, 2.75) is 6.54 Å². The first-order valence-corrected chi connectivity index (χ1v) is 8.43. The minimum absolute atomic E-state index is 0.0366. The first kappa shape index (κ1) is 18.0. The van der Waals surface area contributed by atoms with Gasteiger partial charge in [0.25, 0.3) is 11.5 Å². The zero-order chi connectivity index (χ0) is 18.7. The number of aromatic nitrogens is 1. The number of pyridine rings is 1. The Morgan fingerprint density at radius 2 is 1.77 bits per heavy atom. The zero-order valence-electron chi connectivity index (χ0n) is 13.4. The summed E-state index contributed by atoms with van der Waals surface area (Å²) in [6.45, 7) is 0.187. The Hall–Kier alpha value is -2.80. The predicted octanol–water partition coefficient (Wildman–Crippen LogP) is 4.19. The highest BCUT2D eigenvalue weighted by molar-refractivity contribution is 9.10. The van der Waals surface area contributed by atoms with Gasteiger partial charge in [-0.25, -0.2) is 8.78 Å². The van der Waals surface area contributed by atoms with E-state index in [-0.39, 0.29) is 29.2 Å². The lowest BCUT2D eigenvalue weighted by Crippen LogP contribution is -2.22. The molecule has 0 bridgehead atoms. The van der Waals surface area contributed by atoms with Gasteiger partial charge in [-0.2, -0.15) is 0 Å². The molecule has 1 aromatic heterocycles. The molecular weight excluding hydrogens is 406 g/mol. The van der Waals surface area contributed by atoms with Gasteiger partial charge in [0.15, 0.2) is 0 Å². The summed E-state index contributed by atoms with van der Waals surface area (Å²) in [6, 6.07) is 12.6. The van der Waals surface area contributed by atoms with Gasteiger partial charge in [-0.05, 0) is 42.0 Å². The van der Waals surface area contributed by atoms with Gasteiger partial charge in [0.2, 0.25) is 0 Å². The molecule has 2 aromatic carbocycles. The van der Waals surface area contributed by atoms with Crippen LogP contribution in [0.2, 0.25) is 0 Å². The van der Waals surface area contributed by atoms with Crippen molar-refractivity contribution < 1.29 is 13.6 Å². The van der Waals surface area contributed by atoms with E-state index in [0.29, 0.717) is 10.0 Å². The largest absolute Gasteiger partial charge is 0.319 e. The highest BCUT2D eigenvalue weighted by atomic mass is 79.9. The van der Waals surface area contributed by atoms with Crippen LogP contribution in [0.15, 0.2) is 70.1 Å². The first-order chi connectivity index (χ1) is 12.4. The van der Waals surface area contributed by atoms with Crippen LogP contribution in [0.5, 0.6) is 0 Å². The highest BCUT2D eigenvalue weighted by Crippen LogP contribution is 2.20. The summed E-state index contributed by atoms with van der Waals surface area (Å²) >= 11 is 3.15. The summed E-state index contributed by atoms with van der Waals surface area (Å²) in [4.78, 5) is 24.4. The molecule has 3 rings (SSSR count). The van der Waals surface area contributed by atoms with E-state index < -0.39 is 11.7 Å². The van der Waals surface area contributed by atoms with Crippen molar-refractivity contribution in [3.05, 3.63) is 98.4 Å². The molecule has 0 saturated heterocycles. The van der Waals surface area contributed by atoms with Crippen LogP contribution in [0.3, 0.4) is 0 Å². The van der Waals surface area contributed by atoms with Crippen molar-refractivity contribution in [2.75, 3.05) is 5.32 Å². The number of hydrogen-bond acceptors (Lipinski definition) is 2. The van der Waals surface area contributed by atoms with E-state index in [4.69, 9.17) is 0 Å². The number of rotatable bonds is 4. The van der Waals surface area contributed by atoms with Gasteiger partial charge in [0.05, 0.1) is 17.8 Å². The fourth-order valence-corrected chi connectivity index (χ4v) is 2.69. The monoisotopic (exact) mass is 418 g/mol. The molecule has 3 aromatic rings. The van der Waals surface area contributed by atoms with Gasteiger partial charge in [0, 0.05) is 16.7 Å². The van der Waals surface area contributed by atoms with Crippen molar-refractivity contribution in [3.63, 3.8) is 0 Å². The number of anilines is 1. The molecule has 0 fully saturated rings. The second-order valence-corrected chi connectivity index (χ2v) is 6.50. The molecule has 4 nitrogen and oxygen atoms in total. The standard InChI is InChI=1S/C19H13BrF2N2O2/c20-14-4-7-17(16(22)9-14)23-19(26)13-3-8-18(25)24(11-13)10-12-1-5-15(21)6-2-12/h1-9,11H,10H2,(H,23,26). The fraction of sp³-hybridized carbons (Fsp3) is 0.0526. The molecule has 0 radical (unpaired) electrons. The van der Waals surface area contributed by atoms with Crippen LogP contribution in [0, 0.1) is 11.6 Å². The van der Waals surface area contributed by atoms with Crippen LogP contribution in [0.1, 0.15) is 15.9 Å². The SMILES string of the molecule is O=C(Nc1ccc(Br)cc1F)c1ccc(=O)n(Cc2ccc(F)cc2)c1. The molecular formula is C19H13BrF2N2O2. The highest BCUT2D eigenvalue weighted by Gasteiger charge is 2.11. The minimum atomic E-state index is -0.577. The quantitative estimate of drug-likeness (QED) is 0.690. The smallest absolute Gasteiger partial charge is 0.257 e. The molecule has 0 aliphatic rings. The Labute approximate surface area is 156 Å². The van der Waals surface area contributed by atoms with Crippen molar-refractivity contribution in [2.24, 2.45) is 0 Å². The summed E-state index contributed by atoms with van der Waals surface area (Å²) in [6.07, 6.45) is 1.39. The van der Waals surface area contributed by atoms with Crippen LogP contribution in [-0.2, 0) is 6.54 Å². The second kappa shape index (κ2) is 7.61. The number of carbonyl (C=O) groups is 1. The number of amides is 1. The van der Waals surface area contributed by atoms with Gasteiger partial charge in [-0.15, -0.1) is 0 Å². The Morgan fingerprint density at radius 3 is 2.46 bits per heavy atom. The molecule has 1 heterocycles. The molecule has 7 heteroatoms. The van der Waals surface area contributed by atoms with Crippen LogP contribution in [0.25, 0.3) is 0 Å². The van der Waals surface area contributed by atoms with Gasteiger partial charge in [0.1, 0.15) is 11.6 Å². The Kier molecular flexibility index (Phi) is 5.27. The van der Waals surface area contributed by atoms with E-state index in [2.05, 4.69) is 21.2 Å². The molecule has 0 unspecified atom stereocenters. The number of benzene rings is 2.